The molecule has 6 nitrogen and oxygen atoms in total. The van der Waals surface area contributed by atoms with Gasteiger partial charge in [0, 0.05) is 62.6 Å². The fraction of sp³-hybridized carbons (Fsp3) is 0.500. The summed E-state index contributed by atoms with van der Waals surface area (Å²) in [6, 6.07) is 10.2. The van der Waals surface area contributed by atoms with Crippen molar-refractivity contribution in [3.05, 3.63) is 41.4 Å². The topological polar surface area (TPSA) is 65.5 Å². The van der Waals surface area contributed by atoms with Crippen LogP contribution < -0.4 is 5.32 Å². The summed E-state index contributed by atoms with van der Waals surface area (Å²) in [5.74, 6) is 0.907. The third kappa shape index (κ3) is 5.22. The minimum atomic E-state index is 0.105. The molecule has 0 radical (unpaired) electrons. The third-order valence-electron chi connectivity index (χ3n) is 5.77. The van der Waals surface area contributed by atoms with Crippen LogP contribution in [0.4, 0.5) is 0 Å². The van der Waals surface area contributed by atoms with Crippen molar-refractivity contribution >= 4 is 23.2 Å². The summed E-state index contributed by atoms with van der Waals surface area (Å²) in [4.78, 5) is 33.3. The Hall–Kier alpha value is -2.25. The Morgan fingerprint density at radius 3 is 2.59 bits per heavy atom. The van der Waals surface area contributed by atoms with Gasteiger partial charge in [-0.15, -0.1) is 11.3 Å². The molecular formula is C22H28N4O2S. The summed E-state index contributed by atoms with van der Waals surface area (Å²) in [6.45, 7) is 6.54. The molecule has 4 rings (SSSR count). The lowest BCUT2D eigenvalue weighted by Crippen LogP contribution is -2.48. The summed E-state index contributed by atoms with van der Waals surface area (Å²) < 4.78 is 0. The number of amides is 2. The van der Waals surface area contributed by atoms with Crippen molar-refractivity contribution < 1.29 is 9.59 Å². The first kappa shape index (κ1) is 20.0. The standard InChI is InChI=1S/C22H28N4O2S/c1-16-13-19(16)21(28)23-8-7-20(27)26-11-9-25(10-12-26)14-18-15-29-22(24-18)17-5-3-2-4-6-17/h2-6,15-16,19H,7-14H2,1H3,(H,23,28). The van der Waals surface area contributed by atoms with Crippen LogP contribution in [0.5, 0.6) is 0 Å². The van der Waals surface area contributed by atoms with E-state index in [0.29, 0.717) is 18.9 Å². The number of hydrogen-bond donors (Lipinski definition) is 1. The number of nitrogens with one attached hydrogen (secondary N) is 1. The molecule has 1 aliphatic heterocycles. The Kier molecular flexibility index (Phi) is 6.25. The molecule has 154 valence electrons. The Bertz CT molecular complexity index is 846. The molecule has 2 aliphatic rings. The molecule has 2 fully saturated rings. The van der Waals surface area contributed by atoms with E-state index < -0.39 is 0 Å². The number of rotatable bonds is 7. The summed E-state index contributed by atoms with van der Waals surface area (Å²) >= 11 is 1.68. The molecule has 29 heavy (non-hydrogen) atoms. The van der Waals surface area contributed by atoms with Crippen molar-refractivity contribution in [2.75, 3.05) is 32.7 Å². The van der Waals surface area contributed by atoms with E-state index in [2.05, 4.69) is 34.7 Å². The van der Waals surface area contributed by atoms with Crippen LogP contribution in [-0.4, -0.2) is 59.3 Å². The molecule has 2 atom stereocenters. The zero-order chi connectivity index (χ0) is 20.2. The van der Waals surface area contributed by atoms with Crippen molar-refractivity contribution in [3.63, 3.8) is 0 Å². The minimum Gasteiger partial charge on any atom is -0.355 e. The summed E-state index contributed by atoms with van der Waals surface area (Å²) in [7, 11) is 0. The monoisotopic (exact) mass is 412 g/mol. The molecule has 2 unspecified atom stereocenters. The highest BCUT2D eigenvalue weighted by atomic mass is 32.1. The zero-order valence-electron chi connectivity index (χ0n) is 16.8. The van der Waals surface area contributed by atoms with Crippen molar-refractivity contribution in [3.8, 4) is 10.6 Å². The zero-order valence-corrected chi connectivity index (χ0v) is 17.7. The van der Waals surface area contributed by atoms with E-state index in [-0.39, 0.29) is 17.7 Å². The number of carbonyl (C=O) groups excluding carboxylic acids is 2. The number of piperazine rings is 1. The van der Waals surface area contributed by atoms with Gasteiger partial charge >= 0.3 is 0 Å². The second kappa shape index (κ2) is 9.05. The van der Waals surface area contributed by atoms with Crippen LogP contribution in [0.3, 0.4) is 0 Å². The predicted molar refractivity (Wildman–Crippen MR) is 114 cm³/mol. The highest BCUT2D eigenvalue weighted by Gasteiger charge is 2.38. The van der Waals surface area contributed by atoms with Crippen LogP contribution in [-0.2, 0) is 16.1 Å². The average molecular weight is 413 g/mol. The summed E-state index contributed by atoms with van der Waals surface area (Å²) in [5, 5.41) is 6.08. The smallest absolute Gasteiger partial charge is 0.224 e. The molecule has 1 saturated heterocycles. The lowest BCUT2D eigenvalue weighted by atomic mass is 10.2. The Balaban J connectivity index is 1.18. The highest BCUT2D eigenvalue weighted by molar-refractivity contribution is 7.13. The predicted octanol–water partition coefficient (Wildman–Crippen LogP) is 2.62. The number of nitrogens with zero attached hydrogens (tertiary/aromatic N) is 3. The molecule has 2 amide bonds. The lowest BCUT2D eigenvalue weighted by Gasteiger charge is -2.34. The molecule has 2 aromatic rings. The molecular weight excluding hydrogens is 384 g/mol. The SMILES string of the molecule is CC1CC1C(=O)NCCC(=O)N1CCN(Cc2csc(-c3ccccc3)n2)CC1. The Labute approximate surface area is 175 Å². The van der Waals surface area contributed by atoms with Gasteiger partial charge in [0.05, 0.1) is 5.69 Å². The van der Waals surface area contributed by atoms with E-state index in [4.69, 9.17) is 4.98 Å². The average Bonchev–Trinajstić information content (AvgIpc) is 3.30. The molecule has 1 aliphatic carbocycles. The second-order valence-corrected chi connectivity index (χ2v) is 8.89. The van der Waals surface area contributed by atoms with Gasteiger partial charge in [0.25, 0.3) is 0 Å². The van der Waals surface area contributed by atoms with Gasteiger partial charge in [-0.2, -0.15) is 0 Å². The first-order valence-corrected chi connectivity index (χ1v) is 11.3. The van der Waals surface area contributed by atoms with Crippen molar-refractivity contribution in [2.24, 2.45) is 11.8 Å². The number of benzene rings is 1. The number of thiazole rings is 1. The van der Waals surface area contributed by atoms with E-state index in [1.165, 1.54) is 0 Å². The Morgan fingerprint density at radius 1 is 1.17 bits per heavy atom. The maximum absolute atomic E-state index is 12.4. The summed E-state index contributed by atoms with van der Waals surface area (Å²) in [5.41, 5.74) is 2.24. The van der Waals surface area contributed by atoms with Crippen LogP contribution in [0.1, 0.15) is 25.5 Å². The first-order valence-electron chi connectivity index (χ1n) is 10.4. The van der Waals surface area contributed by atoms with E-state index in [0.717, 1.165) is 55.4 Å². The largest absolute Gasteiger partial charge is 0.355 e. The van der Waals surface area contributed by atoms with Gasteiger partial charge in [0.15, 0.2) is 0 Å². The van der Waals surface area contributed by atoms with Gasteiger partial charge in [-0.05, 0) is 12.3 Å². The van der Waals surface area contributed by atoms with Crippen LogP contribution >= 0.6 is 11.3 Å². The van der Waals surface area contributed by atoms with Gasteiger partial charge in [-0.25, -0.2) is 4.98 Å². The maximum Gasteiger partial charge on any atom is 0.224 e. The number of carbonyl (C=O) groups is 2. The molecule has 2 heterocycles. The molecule has 1 aromatic carbocycles. The van der Waals surface area contributed by atoms with Crippen LogP contribution in [0.2, 0.25) is 0 Å². The van der Waals surface area contributed by atoms with Crippen molar-refractivity contribution in [1.82, 2.24) is 20.1 Å². The highest BCUT2D eigenvalue weighted by Crippen LogP contribution is 2.37. The van der Waals surface area contributed by atoms with Crippen LogP contribution in [0, 0.1) is 11.8 Å². The van der Waals surface area contributed by atoms with Gasteiger partial charge in [-0.3, -0.25) is 14.5 Å². The lowest BCUT2D eigenvalue weighted by molar-refractivity contribution is -0.133. The van der Waals surface area contributed by atoms with E-state index >= 15 is 0 Å². The molecule has 0 bridgehead atoms. The van der Waals surface area contributed by atoms with E-state index in [1.807, 2.05) is 23.1 Å². The maximum atomic E-state index is 12.4. The third-order valence-corrected chi connectivity index (χ3v) is 6.71. The van der Waals surface area contributed by atoms with Gasteiger partial charge in [0.1, 0.15) is 5.01 Å². The fourth-order valence-electron chi connectivity index (χ4n) is 3.75. The summed E-state index contributed by atoms with van der Waals surface area (Å²) in [6.07, 6.45) is 1.37. The van der Waals surface area contributed by atoms with E-state index in [9.17, 15) is 9.59 Å². The van der Waals surface area contributed by atoms with E-state index in [1.54, 1.807) is 11.3 Å². The minimum absolute atomic E-state index is 0.105. The van der Waals surface area contributed by atoms with Crippen molar-refractivity contribution in [2.45, 2.75) is 26.3 Å². The van der Waals surface area contributed by atoms with Gasteiger partial charge < -0.3 is 10.2 Å². The van der Waals surface area contributed by atoms with Crippen LogP contribution in [0.25, 0.3) is 10.6 Å². The van der Waals surface area contributed by atoms with Crippen LogP contribution in [0.15, 0.2) is 35.7 Å². The molecule has 7 heteroatoms. The fourth-order valence-corrected chi connectivity index (χ4v) is 4.56. The normalized spacial score (nSPS) is 21.8. The quantitative estimate of drug-likeness (QED) is 0.759. The number of aromatic nitrogens is 1. The van der Waals surface area contributed by atoms with Crippen molar-refractivity contribution in [1.29, 1.82) is 0 Å². The number of hydrogen-bond acceptors (Lipinski definition) is 5. The molecule has 1 aromatic heterocycles. The second-order valence-electron chi connectivity index (χ2n) is 8.03. The molecule has 1 N–H and O–H groups in total. The molecule has 1 saturated carbocycles. The first-order chi connectivity index (χ1) is 14.1. The van der Waals surface area contributed by atoms with Gasteiger partial charge in [0.2, 0.25) is 11.8 Å². The Morgan fingerprint density at radius 2 is 1.90 bits per heavy atom. The molecule has 0 spiro atoms. The van der Waals surface area contributed by atoms with Gasteiger partial charge in [-0.1, -0.05) is 37.3 Å².